The summed E-state index contributed by atoms with van der Waals surface area (Å²) in [4.78, 5) is 11.0. The summed E-state index contributed by atoms with van der Waals surface area (Å²) in [5, 5.41) is 1.66. The van der Waals surface area contributed by atoms with E-state index in [-0.39, 0.29) is 24.2 Å². The Morgan fingerprint density at radius 3 is 2.50 bits per heavy atom. The lowest BCUT2D eigenvalue weighted by Gasteiger charge is -2.12. The summed E-state index contributed by atoms with van der Waals surface area (Å²) in [6.07, 6.45) is 0.986. The number of carbonyl (C=O) groups is 1. The van der Waals surface area contributed by atoms with E-state index in [4.69, 9.17) is 0 Å². The Hall–Kier alpha value is -0.280. The normalized spacial score (nSPS) is 24.8. The fourth-order valence-corrected chi connectivity index (χ4v) is 1.04. The minimum absolute atomic E-state index is 0. The molecule has 0 radical (unpaired) electrons. The van der Waals surface area contributed by atoms with Gasteiger partial charge in [0, 0.05) is 19.5 Å². The van der Waals surface area contributed by atoms with Crippen LogP contribution in [0.15, 0.2) is 0 Å². The van der Waals surface area contributed by atoms with E-state index in [1.807, 2.05) is 6.92 Å². The van der Waals surface area contributed by atoms with Crippen molar-refractivity contribution in [1.29, 1.82) is 0 Å². The summed E-state index contributed by atoms with van der Waals surface area (Å²) >= 11 is 0. The summed E-state index contributed by atoms with van der Waals surface area (Å²) in [5.41, 5.74) is 2.83. The molecule has 10 heavy (non-hydrogen) atoms. The van der Waals surface area contributed by atoms with Crippen molar-refractivity contribution in [1.82, 2.24) is 10.4 Å². The molecule has 1 atom stereocenters. The van der Waals surface area contributed by atoms with E-state index in [9.17, 15) is 4.79 Å². The first-order chi connectivity index (χ1) is 4.25. The van der Waals surface area contributed by atoms with Gasteiger partial charge in [0.05, 0.1) is 0 Å². The van der Waals surface area contributed by atoms with Crippen molar-refractivity contribution in [2.45, 2.75) is 13.3 Å². The van der Waals surface area contributed by atoms with Gasteiger partial charge in [0.25, 0.3) is 0 Å². The van der Waals surface area contributed by atoms with Crippen molar-refractivity contribution in [3.8, 4) is 0 Å². The van der Waals surface area contributed by atoms with Gasteiger partial charge in [0.2, 0.25) is 5.91 Å². The van der Waals surface area contributed by atoms with Crippen molar-refractivity contribution >= 4 is 18.3 Å². The van der Waals surface area contributed by atoms with Crippen molar-refractivity contribution < 1.29 is 4.79 Å². The van der Waals surface area contributed by atoms with Gasteiger partial charge < -0.3 is 0 Å². The molecule has 1 N–H and O–H groups in total. The molecule has 1 aliphatic rings. The fourth-order valence-electron chi connectivity index (χ4n) is 1.04. The van der Waals surface area contributed by atoms with Crippen LogP contribution in [0.1, 0.15) is 13.3 Å². The standard InChI is InChI=1S/C6H12N2O.ClH/c1-5-3-4-8(7-2)6(5)9;/h5,7H,3-4H2,1-2H3;1H. The van der Waals surface area contributed by atoms with E-state index in [1.54, 1.807) is 12.1 Å². The van der Waals surface area contributed by atoms with Gasteiger partial charge in [-0.2, -0.15) is 0 Å². The number of hydrogen-bond acceptors (Lipinski definition) is 2. The molecule has 0 saturated carbocycles. The Bertz CT molecular complexity index is 129. The zero-order chi connectivity index (χ0) is 6.85. The molecule has 1 aliphatic heterocycles. The molecule has 1 unspecified atom stereocenters. The molecule has 1 saturated heterocycles. The Kier molecular flexibility index (Phi) is 3.68. The summed E-state index contributed by atoms with van der Waals surface area (Å²) in [5.74, 6) is 0.440. The average molecular weight is 165 g/mol. The Balaban J connectivity index is 0.000000810. The maximum absolute atomic E-state index is 11.0. The third kappa shape index (κ3) is 1.61. The zero-order valence-corrected chi connectivity index (χ0v) is 7.07. The topological polar surface area (TPSA) is 32.3 Å². The van der Waals surface area contributed by atoms with Gasteiger partial charge in [0.1, 0.15) is 0 Å². The third-order valence-corrected chi connectivity index (χ3v) is 1.74. The van der Waals surface area contributed by atoms with Gasteiger partial charge in [-0.15, -0.1) is 12.4 Å². The quantitative estimate of drug-likeness (QED) is 0.609. The molecule has 0 bridgehead atoms. The Morgan fingerprint density at radius 1 is 1.70 bits per heavy atom. The Morgan fingerprint density at radius 2 is 2.30 bits per heavy atom. The van der Waals surface area contributed by atoms with Crippen LogP contribution in [0.5, 0.6) is 0 Å². The second-order valence-corrected chi connectivity index (χ2v) is 2.40. The van der Waals surface area contributed by atoms with E-state index in [2.05, 4.69) is 5.43 Å². The molecule has 1 rings (SSSR count). The van der Waals surface area contributed by atoms with Crippen molar-refractivity contribution in [3.63, 3.8) is 0 Å². The highest BCUT2D eigenvalue weighted by Crippen LogP contribution is 2.13. The molecule has 60 valence electrons. The number of halogens is 1. The highest BCUT2D eigenvalue weighted by Gasteiger charge is 2.26. The van der Waals surface area contributed by atoms with Crippen molar-refractivity contribution in [2.75, 3.05) is 13.6 Å². The van der Waals surface area contributed by atoms with E-state index in [0.29, 0.717) is 0 Å². The van der Waals surface area contributed by atoms with E-state index < -0.39 is 0 Å². The number of carbonyl (C=O) groups excluding carboxylic acids is 1. The van der Waals surface area contributed by atoms with Crippen LogP contribution in [0.3, 0.4) is 0 Å². The second kappa shape index (κ2) is 3.78. The zero-order valence-electron chi connectivity index (χ0n) is 6.26. The maximum Gasteiger partial charge on any atom is 0.239 e. The maximum atomic E-state index is 11.0. The summed E-state index contributed by atoms with van der Waals surface area (Å²) in [6.45, 7) is 2.82. The molecule has 1 amide bonds. The third-order valence-electron chi connectivity index (χ3n) is 1.74. The van der Waals surface area contributed by atoms with Gasteiger partial charge in [-0.25, -0.2) is 5.43 Å². The van der Waals surface area contributed by atoms with Gasteiger partial charge in [-0.1, -0.05) is 6.92 Å². The van der Waals surface area contributed by atoms with E-state index >= 15 is 0 Å². The van der Waals surface area contributed by atoms with Crippen LogP contribution in [-0.4, -0.2) is 24.5 Å². The second-order valence-electron chi connectivity index (χ2n) is 2.40. The first-order valence-electron chi connectivity index (χ1n) is 3.24. The molecule has 1 fully saturated rings. The molecule has 4 heteroatoms. The lowest BCUT2D eigenvalue weighted by Crippen LogP contribution is -2.36. The molecule has 1 heterocycles. The van der Waals surface area contributed by atoms with Crippen molar-refractivity contribution in [2.24, 2.45) is 5.92 Å². The van der Waals surface area contributed by atoms with E-state index in [0.717, 1.165) is 13.0 Å². The van der Waals surface area contributed by atoms with Crippen LogP contribution in [0.4, 0.5) is 0 Å². The molecule has 0 spiro atoms. The summed E-state index contributed by atoms with van der Waals surface area (Å²) in [6, 6.07) is 0. The minimum Gasteiger partial charge on any atom is -0.278 e. The molecule has 3 nitrogen and oxygen atoms in total. The first kappa shape index (κ1) is 9.72. The van der Waals surface area contributed by atoms with Crippen LogP contribution in [0.2, 0.25) is 0 Å². The summed E-state index contributed by atoms with van der Waals surface area (Å²) < 4.78 is 0. The summed E-state index contributed by atoms with van der Waals surface area (Å²) in [7, 11) is 1.77. The van der Waals surface area contributed by atoms with Gasteiger partial charge in [-0.3, -0.25) is 9.80 Å². The number of nitrogens with one attached hydrogen (secondary N) is 1. The molecular formula is C6H13ClN2O. The largest absolute Gasteiger partial charge is 0.278 e. The van der Waals surface area contributed by atoms with Crippen LogP contribution >= 0.6 is 12.4 Å². The molecule has 0 aromatic heterocycles. The van der Waals surface area contributed by atoms with E-state index in [1.165, 1.54) is 0 Å². The molecular weight excluding hydrogens is 152 g/mol. The van der Waals surface area contributed by atoms with Crippen LogP contribution in [0.25, 0.3) is 0 Å². The fraction of sp³-hybridized carbons (Fsp3) is 0.833. The van der Waals surface area contributed by atoms with Gasteiger partial charge in [0.15, 0.2) is 0 Å². The monoisotopic (exact) mass is 164 g/mol. The predicted molar refractivity (Wildman–Crippen MR) is 41.8 cm³/mol. The average Bonchev–Trinajstić information content (AvgIpc) is 2.15. The van der Waals surface area contributed by atoms with Crippen LogP contribution in [0, 0.1) is 5.92 Å². The molecule has 0 aromatic carbocycles. The highest BCUT2D eigenvalue weighted by atomic mass is 35.5. The predicted octanol–water partition coefficient (Wildman–Crippen LogP) is 0.411. The number of amides is 1. The molecule has 0 aromatic rings. The SMILES string of the molecule is CNN1CCC(C)C1=O.Cl. The van der Waals surface area contributed by atoms with Gasteiger partial charge in [-0.05, 0) is 6.42 Å². The smallest absolute Gasteiger partial charge is 0.239 e. The number of hydrogen-bond donors (Lipinski definition) is 1. The highest BCUT2D eigenvalue weighted by molar-refractivity contribution is 5.85. The number of nitrogens with zero attached hydrogens (tertiary/aromatic N) is 1. The minimum atomic E-state index is 0. The lowest BCUT2D eigenvalue weighted by atomic mass is 10.1. The van der Waals surface area contributed by atoms with Gasteiger partial charge >= 0.3 is 0 Å². The van der Waals surface area contributed by atoms with Crippen LogP contribution in [-0.2, 0) is 4.79 Å². The number of rotatable bonds is 1. The first-order valence-corrected chi connectivity index (χ1v) is 3.24. The van der Waals surface area contributed by atoms with Crippen molar-refractivity contribution in [3.05, 3.63) is 0 Å². The lowest BCUT2D eigenvalue weighted by molar-refractivity contribution is -0.132. The Labute approximate surface area is 67.2 Å². The molecule has 0 aliphatic carbocycles. The van der Waals surface area contributed by atoms with Crippen LogP contribution < -0.4 is 5.43 Å². The number of hydrazine groups is 1.